The van der Waals surface area contributed by atoms with Gasteiger partial charge in [0.05, 0.1) is 6.26 Å². The van der Waals surface area contributed by atoms with Crippen molar-refractivity contribution >= 4 is 5.91 Å². The number of carbonyl (C=O) groups is 1. The van der Waals surface area contributed by atoms with E-state index in [1.165, 1.54) is 0 Å². The van der Waals surface area contributed by atoms with E-state index in [2.05, 4.69) is 5.32 Å². The topological polar surface area (TPSA) is 45.5 Å². The highest BCUT2D eigenvalue weighted by atomic mass is 16.3. The monoisotopic (exact) mass is 206 g/mol. The highest BCUT2D eigenvalue weighted by molar-refractivity contribution is 5.91. The number of carbonyl (C=O) groups excluding carboxylic acids is 1. The molecule has 3 heterocycles. The first-order chi connectivity index (χ1) is 7.34. The lowest BCUT2D eigenvalue weighted by atomic mass is 9.85. The van der Waals surface area contributed by atoms with Crippen LogP contribution in [0.25, 0.3) is 0 Å². The summed E-state index contributed by atoms with van der Waals surface area (Å²) < 4.78 is 5.12. The number of nitrogens with zero attached hydrogens (tertiary/aromatic N) is 1. The number of rotatable bonds is 1. The standard InChI is InChI=1S/C11H14N2O2/c14-11(10-2-1-5-15-10)13-4-3-8-6-12-9(8)7-13/h1-2,5,8-9,12H,3-4,6-7H2. The summed E-state index contributed by atoms with van der Waals surface area (Å²) in [5.41, 5.74) is 0. The van der Waals surface area contributed by atoms with Gasteiger partial charge in [0.15, 0.2) is 5.76 Å². The van der Waals surface area contributed by atoms with Crippen LogP contribution in [-0.2, 0) is 0 Å². The van der Waals surface area contributed by atoms with Crippen LogP contribution in [0.4, 0.5) is 0 Å². The van der Waals surface area contributed by atoms with Crippen LogP contribution in [0.5, 0.6) is 0 Å². The van der Waals surface area contributed by atoms with E-state index >= 15 is 0 Å². The van der Waals surface area contributed by atoms with Gasteiger partial charge in [0.2, 0.25) is 0 Å². The molecule has 0 spiro atoms. The fourth-order valence-electron chi connectivity index (χ4n) is 2.36. The molecule has 1 amide bonds. The Morgan fingerprint density at radius 2 is 2.53 bits per heavy atom. The van der Waals surface area contributed by atoms with Crippen molar-refractivity contribution in [1.82, 2.24) is 10.2 Å². The zero-order valence-electron chi connectivity index (χ0n) is 8.48. The molecule has 0 radical (unpaired) electrons. The molecule has 2 atom stereocenters. The van der Waals surface area contributed by atoms with Crippen LogP contribution in [-0.4, -0.2) is 36.5 Å². The van der Waals surface area contributed by atoms with Gasteiger partial charge in [0, 0.05) is 19.1 Å². The van der Waals surface area contributed by atoms with Crippen molar-refractivity contribution in [3.63, 3.8) is 0 Å². The first-order valence-electron chi connectivity index (χ1n) is 5.41. The van der Waals surface area contributed by atoms with E-state index in [1.54, 1.807) is 18.4 Å². The maximum Gasteiger partial charge on any atom is 0.289 e. The normalized spacial score (nSPS) is 29.5. The third kappa shape index (κ3) is 1.45. The smallest absolute Gasteiger partial charge is 0.289 e. The molecular weight excluding hydrogens is 192 g/mol. The summed E-state index contributed by atoms with van der Waals surface area (Å²) in [6.07, 6.45) is 2.66. The average molecular weight is 206 g/mol. The number of hydrogen-bond acceptors (Lipinski definition) is 3. The first-order valence-corrected chi connectivity index (χ1v) is 5.41. The molecule has 15 heavy (non-hydrogen) atoms. The van der Waals surface area contributed by atoms with Gasteiger partial charge < -0.3 is 14.6 Å². The molecule has 0 aliphatic carbocycles. The molecule has 2 fully saturated rings. The van der Waals surface area contributed by atoms with E-state index in [4.69, 9.17) is 4.42 Å². The van der Waals surface area contributed by atoms with E-state index in [0.717, 1.165) is 32.0 Å². The maximum absolute atomic E-state index is 11.9. The number of likely N-dealkylation sites (tertiary alicyclic amines) is 1. The molecular formula is C11H14N2O2. The summed E-state index contributed by atoms with van der Waals surface area (Å²) in [5.74, 6) is 1.26. The Morgan fingerprint density at radius 1 is 1.60 bits per heavy atom. The Labute approximate surface area is 88.2 Å². The van der Waals surface area contributed by atoms with Crippen molar-refractivity contribution in [3.05, 3.63) is 24.2 Å². The summed E-state index contributed by atoms with van der Waals surface area (Å²) in [5, 5.41) is 3.35. The molecule has 4 nitrogen and oxygen atoms in total. The number of nitrogens with one attached hydrogen (secondary N) is 1. The molecule has 2 saturated heterocycles. The van der Waals surface area contributed by atoms with E-state index in [1.807, 2.05) is 4.90 Å². The molecule has 0 saturated carbocycles. The van der Waals surface area contributed by atoms with Crippen LogP contribution in [0.2, 0.25) is 0 Å². The third-order valence-electron chi connectivity index (χ3n) is 3.42. The highest BCUT2D eigenvalue weighted by Crippen LogP contribution is 2.24. The highest BCUT2D eigenvalue weighted by Gasteiger charge is 2.37. The van der Waals surface area contributed by atoms with Gasteiger partial charge in [-0.1, -0.05) is 0 Å². The van der Waals surface area contributed by atoms with Gasteiger partial charge in [-0.05, 0) is 31.0 Å². The zero-order valence-corrected chi connectivity index (χ0v) is 8.48. The SMILES string of the molecule is O=C(c1ccco1)N1CCC2CNC2C1. The fraction of sp³-hybridized carbons (Fsp3) is 0.545. The second-order valence-electron chi connectivity index (χ2n) is 4.29. The van der Waals surface area contributed by atoms with Crippen molar-refractivity contribution in [3.8, 4) is 0 Å². The largest absolute Gasteiger partial charge is 0.459 e. The Hall–Kier alpha value is -1.29. The third-order valence-corrected chi connectivity index (χ3v) is 3.42. The van der Waals surface area contributed by atoms with E-state index in [0.29, 0.717) is 11.8 Å². The Kier molecular flexibility index (Phi) is 2.02. The molecule has 3 rings (SSSR count). The molecule has 1 aromatic rings. The Bertz CT molecular complexity index is 361. The van der Waals surface area contributed by atoms with Crippen LogP contribution in [0.3, 0.4) is 0 Å². The lowest BCUT2D eigenvalue weighted by Gasteiger charge is -2.46. The molecule has 1 aromatic heterocycles. The Morgan fingerprint density at radius 3 is 3.13 bits per heavy atom. The van der Waals surface area contributed by atoms with Gasteiger partial charge in [-0.2, -0.15) is 0 Å². The van der Waals surface area contributed by atoms with Gasteiger partial charge in [-0.25, -0.2) is 0 Å². The second kappa shape index (κ2) is 3.38. The molecule has 0 bridgehead atoms. The predicted molar refractivity (Wildman–Crippen MR) is 54.5 cm³/mol. The number of furan rings is 1. The van der Waals surface area contributed by atoms with Gasteiger partial charge in [0.1, 0.15) is 0 Å². The van der Waals surface area contributed by atoms with E-state index in [-0.39, 0.29) is 5.91 Å². The predicted octanol–water partition coefficient (Wildman–Crippen LogP) is 0.713. The van der Waals surface area contributed by atoms with Gasteiger partial charge in [-0.3, -0.25) is 4.79 Å². The van der Waals surface area contributed by atoms with Crippen molar-refractivity contribution in [2.24, 2.45) is 5.92 Å². The molecule has 1 N–H and O–H groups in total. The quantitative estimate of drug-likeness (QED) is 0.736. The van der Waals surface area contributed by atoms with Gasteiger partial charge in [0.25, 0.3) is 5.91 Å². The molecule has 0 aromatic carbocycles. The van der Waals surface area contributed by atoms with E-state index < -0.39 is 0 Å². The summed E-state index contributed by atoms with van der Waals surface area (Å²) in [6.45, 7) is 2.81. The van der Waals surface area contributed by atoms with E-state index in [9.17, 15) is 4.79 Å². The van der Waals surface area contributed by atoms with Crippen molar-refractivity contribution in [2.75, 3.05) is 19.6 Å². The zero-order chi connectivity index (χ0) is 10.3. The molecule has 2 aliphatic heterocycles. The lowest BCUT2D eigenvalue weighted by Crippen LogP contribution is -2.62. The Balaban J connectivity index is 1.70. The molecule has 4 heteroatoms. The van der Waals surface area contributed by atoms with Crippen molar-refractivity contribution in [1.29, 1.82) is 0 Å². The number of fused-ring (bicyclic) bond motifs is 1. The number of hydrogen-bond donors (Lipinski definition) is 1. The fourth-order valence-corrected chi connectivity index (χ4v) is 2.36. The van der Waals surface area contributed by atoms with Crippen molar-refractivity contribution < 1.29 is 9.21 Å². The van der Waals surface area contributed by atoms with Crippen LogP contribution in [0.1, 0.15) is 17.0 Å². The minimum absolute atomic E-state index is 0.0205. The van der Waals surface area contributed by atoms with Gasteiger partial charge in [-0.15, -0.1) is 0 Å². The molecule has 2 unspecified atom stereocenters. The minimum Gasteiger partial charge on any atom is -0.459 e. The minimum atomic E-state index is 0.0205. The van der Waals surface area contributed by atoms with Crippen LogP contribution >= 0.6 is 0 Å². The first kappa shape index (κ1) is 8.97. The molecule has 80 valence electrons. The van der Waals surface area contributed by atoms with Crippen molar-refractivity contribution in [2.45, 2.75) is 12.5 Å². The summed E-state index contributed by atoms with van der Waals surface area (Å²) in [7, 11) is 0. The summed E-state index contributed by atoms with van der Waals surface area (Å²) in [4.78, 5) is 13.8. The van der Waals surface area contributed by atoms with Crippen LogP contribution < -0.4 is 5.32 Å². The maximum atomic E-state index is 11.9. The second-order valence-corrected chi connectivity index (χ2v) is 4.29. The summed E-state index contributed by atoms with van der Waals surface area (Å²) in [6, 6.07) is 3.99. The number of piperidine rings is 1. The number of amides is 1. The van der Waals surface area contributed by atoms with Crippen LogP contribution in [0.15, 0.2) is 22.8 Å². The average Bonchev–Trinajstić information content (AvgIpc) is 2.72. The van der Waals surface area contributed by atoms with Gasteiger partial charge >= 0.3 is 0 Å². The molecule has 2 aliphatic rings. The van der Waals surface area contributed by atoms with Crippen LogP contribution in [0, 0.1) is 5.92 Å². The summed E-state index contributed by atoms with van der Waals surface area (Å²) >= 11 is 0. The lowest BCUT2D eigenvalue weighted by molar-refractivity contribution is 0.0490.